The number of carbonyl (C=O) groups is 2. The second kappa shape index (κ2) is 7.30. The zero-order valence-corrected chi connectivity index (χ0v) is 16.0. The number of halogens is 1. The molecule has 3 N–H and O–H groups in total. The van der Waals surface area contributed by atoms with Gasteiger partial charge in [0.2, 0.25) is 5.91 Å². The number of carboxylic acid groups (broad SMARTS) is 1. The molecule has 0 aromatic carbocycles. The summed E-state index contributed by atoms with van der Waals surface area (Å²) in [6, 6.07) is 1.48. The van der Waals surface area contributed by atoms with Crippen LogP contribution in [0.15, 0.2) is 21.5 Å². The van der Waals surface area contributed by atoms with Gasteiger partial charge in [-0.15, -0.1) is 0 Å². The van der Waals surface area contributed by atoms with Crippen LogP contribution in [0, 0.1) is 0 Å². The van der Waals surface area contributed by atoms with Gasteiger partial charge in [0.25, 0.3) is 5.56 Å². The number of hydrogen-bond acceptors (Lipinski definition) is 4. The zero-order chi connectivity index (χ0) is 18.9. The zero-order valence-electron chi connectivity index (χ0n) is 14.5. The average Bonchev–Trinajstić information content (AvgIpc) is 3.34. The Labute approximate surface area is 159 Å². The third-order valence-corrected chi connectivity index (χ3v) is 5.57. The maximum atomic E-state index is 12.3. The first kappa shape index (κ1) is 18.8. The molecule has 26 heavy (non-hydrogen) atoms. The van der Waals surface area contributed by atoms with Gasteiger partial charge in [0.05, 0.1) is 10.6 Å². The Morgan fingerprint density at radius 3 is 2.54 bits per heavy atom. The molecule has 3 rings (SSSR count). The number of aryl methyl sites for hydroxylation is 1. The van der Waals surface area contributed by atoms with Crippen LogP contribution >= 0.6 is 15.9 Å². The first-order chi connectivity index (χ1) is 12.3. The number of ether oxygens (including phenoxy) is 1. The van der Waals surface area contributed by atoms with Crippen molar-refractivity contribution in [3.8, 4) is 5.75 Å². The van der Waals surface area contributed by atoms with Crippen molar-refractivity contribution >= 4 is 27.9 Å². The van der Waals surface area contributed by atoms with Crippen molar-refractivity contribution < 1.29 is 19.4 Å². The number of hydrogen-bond donors (Lipinski definition) is 3. The number of pyridine rings is 1. The van der Waals surface area contributed by atoms with Crippen LogP contribution < -0.4 is 20.9 Å². The number of carbonyl (C=O) groups excluding carboxylic acids is 1. The van der Waals surface area contributed by atoms with Gasteiger partial charge in [-0.1, -0.05) is 0 Å². The molecular weight excluding hydrogens is 406 g/mol. The minimum absolute atomic E-state index is 0.0152. The van der Waals surface area contributed by atoms with Crippen molar-refractivity contribution in [1.29, 1.82) is 0 Å². The molecule has 2 amide bonds. The standard InChI is InChI=1S/C17H22BrN3O5/c1-21-9-12(18)13(8-14(21)22)26-11-4-2-10(3-5-11)19-15(23)17(6-7-17)20-16(24)25/h8-11,20H,2-7H2,1H3,(H,19,23)(H,24,25)/t10-,11-. The third kappa shape index (κ3) is 4.20. The van der Waals surface area contributed by atoms with E-state index in [0.717, 1.165) is 30.2 Å². The highest BCUT2D eigenvalue weighted by atomic mass is 79.9. The summed E-state index contributed by atoms with van der Waals surface area (Å²) in [5, 5.41) is 14.1. The van der Waals surface area contributed by atoms with E-state index in [1.54, 1.807) is 13.2 Å². The van der Waals surface area contributed by atoms with E-state index in [2.05, 4.69) is 26.6 Å². The first-order valence-corrected chi connectivity index (χ1v) is 9.43. The first-order valence-electron chi connectivity index (χ1n) is 8.64. The van der Waals surface area contributed by atoms with E-state index in [0.29, 0.717) is 18.6 Å². The summed E-state index contributed by atoms with van der Waals surface area (Å²) in [5.74, 6) is 0.293. The minimum Gasteiger partial charge on any atom is -0.489 e. The van der Waals surface area contributed by atoms with Gasteiger partial charge in [-0.2, -0.15) is 0 Å². The van der Waals surface area contributed by atoms with Gasteiger partial charge in [-0.05, 0) is 54.5 Å². The lowest BCUT2D eigenvalue weighted by Gasteiger charge is -2.30. The van der Waals surface area contributed by atoms with Crippen molar-refractivity contribution in [1.82, 2.24) is 15.2 Å². The van der Waals surface area contributed by atoms with Crippen molar-refractivity contribution in [2.45, 2.75) is 56.2 Å². The second-order valence-electron chi connectivity index (χ2n) is 7.01. The Kier molecular flexibility index (Phi) is 5.27. The Balaban J connectivity index is 1.50. The molecular formula is C17H22BrN3O5. The average molecular weight is 428 g/mol. The SMILES string of the molecule is Cn1cc(Br)c(O[C@H]2CC[C@H](NC(=O)C3(NC(=O)O)CC3)CC2)cc1=O. The topological polar surface area (TPSA) is 110 Å². The fourth-order valence-corrected chi connectivity index (χ4v) is 3.75. The molecule has 0 bridgehead atoms. The Hall–Kier alpha value is -2.03. The largest absolute Gasteiger partial charge is 0.489 e. The van der Waals surface area contributed by atoms with E-state index in [1.165, 1.54) is 10.6 Å². The molecule has 2 fully saturated rings. The highest BCUT2D eigenvalue weighted by Gasteiger charge is 2.51. The molecule has 2 aliphatic rings. The van der Waals surface area contributed by atoms with Crippen LogP contribution in [0.25, 0.3) is 0 Å². The highest BCUT2D eigenvalue weighted by Crippen LogP contribution is 2.36. The van der Waals surface area contributed by atoms with Crippen LogP contribution in [0.4, 0.5) is 4.79 Å². The molecule has 2 saturated carbocycles. The molecule has 1 heterocycles. The van der Waals surface area contributed by atoms with Gasteiger partial charge in [0.15, 0.2) is 0 Å². The Bertz CT molecular complexity index is 766. The summed E-state index contributed by atoms with van der Waals surface area (Å²) >= 11 is 3.40. The van der Waals surface area contributed by atoms with Crippen LogP contribution in [0.3, 0.4) is 0 Å². The maximum absolute atomic E-state index is 12.3. The molecule has 8 nitrogen and oxygen atoms in total. The van der Waals surface area contributed by atoms with Crippen LogP contribution in [-0.2, 0) is 11.8 Å². The highest BCUT2D eigenvalue weighted by molar-refractivity contribution is 9.10. The molecule has 142 valence electrons. The summed E-state index contributed by atoms with van der Waals surface area (Å²) in [6.45, 7) is 0. The van der Waals surface area contributed by atoms with Crippen molar-refractivity contribution in [3.05, 3.63) is 27.1 Å². The van der Waals surface area contributed by atoms with E-state index in [9.17, 15) is 14.4 Å². The lowest BCUT2D eigenvalue weighted by molar-refractivity contribution is -0.125. The smallest absolute Gasteiger partial charge is 0.405 e. The summed E-state index contributed by atoms with van der Waals surface area (Å²) < 4.78 is 8.15. The second-order valence-corrected chi connectivity index (χ2v) is 7.87. The van der Waals surface area contributed by atoms with E-state index in [4.69, 9.17) is 9.84 Å². The molecule has 0 radical (unpaired) electrons. The summed E-state index contributed by atoms with van der Waals surface area (Å²) in [7, 11) is 1.68. The summed E-state index contributed by atoms with van der Waals surface area (Å²) in [4.78, 5) is 34.9. The molecule has 0 saturated heterocycles. The van der Waals surface area contributed by atoms with E-state index in [-0.39, 0.29) is 23.6 Å². The molecule has 2 aliphatic carbocycles. The number of nitrogens with one attached hydrogen (secondary N) is 2. The predicted octanol–water partition coefficient (Wildman–Crippen LogP) is 1.75. The lowest BCUT2D eigenvalue weighted by Crippen LogP contribution is -2.52. The van der Waals surface area contributed by atoms with Crippen LogP contribution in [-0.4, -0.2) is 39.4 Å². The quantitative estimate of drug-likeness (QED) is 0.662. The molecule has 1 aromatic rings. The van der Waals surface area contributed by atoms with Gasteiger partial charge in [-0.25, -0.2) is 4.79 Å². The van der Waals surface area contributed by atoms with Gasteiger partial charge in [-0.3, -0.25) is 9.59 Å². The van der Waals surface area contributed by atoms with Crippen molar-refractivity contribution in [2.24, 2.45) is 7.05 Å². The molecule has 9 heteroatoms. The Morgan fingerprint density at radius 2 is 1.96 bits per heavy atom. The summed E-state index contributed by atoms with van der Waals surface area (Å²) in [6.07, 6.45) is 4.59. The van der Waals surface area contributed by atoms with Gasteiger partial charge < -0.3 is 25.0 Å². The minimum atomic E-state index is -1.17. The molecule has 0 spiro atoms. The number of amides is 2. The Morgan fingerprint density at radius 1 is 1.31 bits per heavy atom. The number of nitrogens with zero attached hydrogens (tertiary/aromatic N) is 1. The predicted molar refractivity (Wildman–Crippen MR) is 97.3 cm³/mol. The van der Waals surface area contributed by atoms with Crippen LogP contribution in [0.5, 0.6) is 5.75 Å². The summed E-state index contributed by atoms with van der Waals surface area (Å²) in [5.41, 5.74) is -1.07. The number of rotatable bonds is 5. The lowest BCUT2D eigenvalue weighted by atomic mass is 9.92. The number of aromatic nitrogens is 1. The van der Waals surface area contributed by atoms with Crippen molar-refractivity contribution in [2.75, 3.05) is 0 Å². The van der Waals surface area contributed by atoms with Crippen LogP contribution in [0.1, 0.15) is 38.5 Å². The monoisotopic (exact) mass is 427 g/mol. The van der Waals surface area contributed by atoms with Gasteiger partial charge in [0.1, 0.15) is 11.3 Å². The molecule has 0 unspecified atom stereocenters. The third-order valence-electron chi connectivity index (χ3n) is 4.98. The van der Waals surface area contributed by atoms with Gasteiger partial charge in [0, 0.05) is 25.4 Å². The fourth-order valence-electron chi connectivity index (χ4n) is 3.24. The molecule has 0 atom stereocenters. The van der Waals surface area contributed by atoms with E-state index >= 15 is 0 Å². The van der Waals surface area contributed by atoms with E-state index in [1.807, 2.05) is 0 Å². The normalized spacial score (nSPS) is 23.8. The molecule has 1 aromatic heterocycles. The van der Waals surface area contributed by atoms with Gasteiger partial charge >= 0.3 is 6.09 Å². The fraction of sp³-hybridized carbons (Fsp3) is 0.588. The maximum Gasteiger partial charge on any atom is 0.405 e. The molecule has 0 aliphatic heterocycles. The van der Waals surface area contributed by atoms with Crippen LogP contribution in [0.2, 0.25) is 0 Å². The van der Waals surface area contributed by atoms with Crippen molar-refractivity contribution in [3.63, 3.8) is 0 Å². The van der Waals surface area contributed by atoms with E-state index < -0.39 is 11.6 Å².